The Morgan fingerprint density at radius 2 is 2.35 bits per heavy atom. The van der Waals surface area contributed by atoms with Crippen molar-refractivity contribution in [3.63, 3.8) is 0 Å². The number of rotatable bonds is 5. The summed E-state index contributed by atoms with van der Waals surface area (Å²) in [6, 6.07) is 5.20. The van der Waals surface area contributed by atoms with Crippen LogP contribution in [0.5, 0.6) is 5.75 Å². The van der Waals surface area contributed by atoms with Gasteiger partial charge in [0.05, 0.1) is 7.11 Å². The molecule has 0 aliphatic carbocycles. The maximum absolute atomic E-state index is 14.1. The van der Waals surface area contributed by atoms with Gasteiger partial charge in [-0.05, 0) is 24.9 Å². The Labute approximate surface area is 118 Å². The number of halogens is 1. The molecule has 20 heavy (non-hydrogen) atoms. The van der Waals surface area contributed by atoms with Crippen molar-refractivity contribution in [2.75, 3.05) is 27.2 Å². The SMILES string of the molecule is CNC(=O)C[C@@H]1CCN(Cc2cccc(OC)c2F)C1. The van der Waals surface area contributed by atoms with E-state index in [4.69, 9.17) is 4.74 Å². The van der Waals surface area contributed by atoms with Crippen molar-refractivity contribution in [2.24, 2.45) is 5.92 Å². The molecule has 1 aliphatic rings. The molecule has 1 amide bonds. The molecule has 1 atom stereocenters. The van der Waals surface area contributed by atoms with E-state index in [1.165, 1.54) is 7.11 Å². The molecule has 1 fully saturated rings. The highest BCUT2D eigenvalue weighted by molar-refractivity contribution is 5.75. The molecule has 1 aromatic rings. The molecule has 0 bridgehead atoms. The highest BCUT2D eigenvalue weighted by atomic mass is 19.1. The third kappa shape index (κ3) is 3.48. The van der Waals surface area contributed by atoms with E-state index in [2.05, 4.69) is 10.2 Å². The van der Waals surface area contributed by atoms with Gasteiger partial charge >= 0.3 is 0 Å². The van der Waals surface area contributed by atoms with Gasteiger partial charge in [0.2, 0.25) is 5.91 Å². The predicted octanol–water partition coefficient (Wildman–Crippen LogP) is 1.79. The zero-order valence-corrected chi connectivity index (χ0v) is 12.0. The Morgan fingerprint density at radius 1 is 1.55 bits per heavy atom. The van der Waals surface area contributed by atoms with Crippen molar-refractivity contribution in [3.05, 3.63) is 29.6 Å². The monoisotopic (exact) mass is 280 g/mol. The smallest absolute Gasteiger partial charge is 0.220 e. The Kier molecular flexibility index (Phi) is 4.95. The number of benzene rings is 1. The summed E-state index contributed by atoms with van der Waals surface area (Å²) in [5.74, 6) is 0.432. The van der Waals surface area contributed by atoms with E-state index in [1.54, 1.807) is 25.2 Å². The number of nitrogens with zero attached hydrogens (tertiary/aromatic N) is 1. The highest BCUT2D eigenvalue weighted by Crippen LogP contribution is 2.25. The van der Waals surface area contributed by atoms with Crippen LogP contribution in [0, 0.1) is 11.7 Å². The highest BCUT2D eigenvalue weighted by Gasteiger charge is 2.25. The first kappa shape index (κ1) is 14.8. The minimum absolute atomic E-state index is 0.0735. The van der Waals surface area contributed by atoms with Gasteiger partial charge in [-0.25, -0.2) is 4.39 Å². The van der Waals surface area contributed by atoms with Crippen LogP contribution >= 0.6 is 0 Å². The van der Waals surface area contributed by atoms with Gasteiger partial charge in [0, 0.05) is 32.1 Å². The maximum Gasteiger partial charge on any atom is 0.220 e. The molecule has 5 heteroatoms. The van der Waals surface area contributed by atoms with Gasteiger partial charge in [0.1, 0.15) is 0 Å². The molecule has 0 unspecified atom stereocenters. The van der Waals surface area contributed by atoms with Gasteiger partial charge in [0.15, 0.2) is 11.6 Å². The second-order valence-corrected chi connectivity index (χ2v) is 5.20. The number of nitrogens with one attached hydrogen (secondary N) is 1. The van der Waals surface area contributed by atoms with Gasteiger partial charge in [-0.3, -0.25) is 9.69 Å². The summed E-state index contributed by atoms with van der Waals surface area (Å²) in [7, 11) is 3.12. The molecular weight excluding hydrogens is 259 g/mol. The second-order valence-electron chi connectivity index (χ2n) is 5.20. The molecule has 0 spiro atoms. The van der Waals surface area contributed by atoms with Gasteiger partial charge in [-0.15, -0.1) is 0 Å². The van der Waals surface area contributed by atoms with Crippen molar-refractivity contribution in [2.45, 2.75) is 19.4 Å². The lowest BCUT2D eigenvalue weighted by Gasteiger charge is -2.17. The summed E-state index contributed by atoms with van der Waals surface area (Å²) in [5, 5.41) is 2.65. The van der Waals surface area contributed by atoms with E-state index in [9.17, 15) is 9.18 Å². The van der Waals surface area contributed by atoms with E-state index in [1.807, 2.05) is 0 Å². The van der Waals surface area contributed by atoms with E-state index >= 15 is 0 Å². The number of carbonyl (C=O) groups is 1. The number of hydrogen-bond donors (Lipinski definition) is 1. The van der Waals surface area contributed by atoms with Crippen LogP contribution < -0.4 is 10.1 Å². The maximum atomic E-state index is 14.1. The number of amides is 1. The first-order valence-electron chi connectivity index (χ1n) is 6.88. The Morgan fingerprint density at radius 3 is 3.05 bits per heavy atom. The zero-order valence-electron chi connectivity index (χ0n) is 12.0. The molecule has 1 saturated heterocycles. The molecule has 0 radical (unpaired) electrons. The summed E-state index contributed by atoms with van der Waals surface area (Å²) in [6.45, 7) is 2.30. The average Bonchev–Trinajstić information content (AvgIpc) is 2.88. The summed E-state index contributed by atoms with van der Waals surface area (Å²) in [6.07, 6.45) is 1.53. The normalized spacial score (nSPS) is 19.1. The molecule has 110 valence electrons. The lowest BCUT2D eigenvalue weighted by molar-refractivity contribution is -0.121. The van der Waals surface area contributed by atoms with Gasteiger partial charge in [-0.1, -0.05) is 12.1 Å². The van der Waals surface area contributed by atoms with Crippen LogP contribution in [0.3, 0.4) is 0 Å². The molecule has 1 aromatic carbocycles. The first-order valence-corrected chi connectivity index (χ1v) is 6.88. The van der Waals surface area contributed by atoms with Crippen LogP contribution in [0.25, 0.3) is 0 Å². The summed E-state index contributed by atoms with van der Waals surface area (Å²) in [5.41, 5.74) is 0.643. The number of likely N-dealkylation sites (tertiary alicyclic amines) is 1. The Hall–Kier alpha value is -1.62. The standard InChI is InChI=1S/C15H21FN2O2/c1-17-14(19)8-11-6-7-18(9-11)10-12-4-3-5-13(20-2)15(12)16/h3-5,11H,6-10H2,1-2H3,(H,17,19)/t11-/m0/s1. The number of ether oxygens (including phenoxy) is 1. The number of methoxy groups -OCH3 is 1. The summed E-state index contributed by atoms with van der Waals surface area (Å²) in [4.78, 5) is 13.6. The first-order chi connectivity index (χ1) is 9.63. The molecule has 0 aromatic heterocycles. The molecule has 0 saturated carbocycles. The fourth-order valence-corrected chi connectivity index (χ4v) is 2.66. The van der Waals surface area contributed by atoms with E-state index < -0.39 is 0 Å². The van der Waals surface area contributed by atoms with Crippen molar-refractivity contribution < 1.29 is 13.9 Å². The summed E-state index contributed by atoms with van der Waals surface area (Å²) >= 11 is 0. The number of hydrogen-bond acceptors (Lipinski definition) is 3. The van der Waals surface area contributed by atoms with Crippen molar-refractivity contribution in [1.29, 1.82) is 0 Å². The zero-order chi connectivity index (χ0) is 14.5. The fourth-order valence-electron chi connectivity index (χ4n) is 2.66. The molecular formula is C15H21FN2O2. The van der Waals surface area contributed by atoms with Crippen LogP contribution in [-0.2, 0) is 11.3 Å². The van der Waals surface area contributed by atoms with Crippen LogP contribution in [0.4, 0.5) is 4.39 Å². The van der Waals surface area contributed by atoms with Gasteiger partial charge in [0.25, 0.3) is 0 Å². The minimum atomic E-state index is -0.287. The molecule has 2 rings (SSSR count). The van der Waals surface area contributed by atoms with Crippen molar-refractivity contribution in [1.82, 2.24) is 10.2 Å². The molecule has 1 heterocycles. The van der Waals surface area contributed by atoms with Crippen LogP contribution in [0.15, 0.2) is 18.2 Å². The fraction of sp³-hybridized carbons (Fsp3) is 0.533. The molecule has 1 aliphatic heterocycles. The lowest BCUT2D eigenvalue weighted by atomic mass is 10.0. The quantitative estimate of drug-likeness (QED) is 0.894. The van der Waals surface area contributed by atoms with Gasteiger partial charge in [-0.2, -0.15) is 0 Å². The predicted molar refractivity (Wildman–Crippen MR) is 75.0 cm³/mol. The van der Waals surface area contributed by atoms with Crippen LogP contribution in [0.1, 0.15) is 18.4 Å². The van der Waals surface area contributed by atoms with E-state index in [0.717, 1.165) is 19.5 Å². The van der Waals surface area contributed by atoms with Crippen molar-refractivity contribution in [3.8, 4) is 5.75 Å². The average molecular weight is 280 g/mol. The molecule has 1 N–H and O–H groups in total. The Bertz CT molecular complexity index is 479. The third-order valence-corrected chi connectivity index (χ3v) is 3.78. The van der Waals surface area contributed by atoms with Crippen LogP contribution in [-0.4, -0.2) is 38.1 Å². The largest absolute Gasteiger partial charge is 0.494 e. The molecule has 4 nitrogen and oxygen atoms in total. The van der Waals surface area contributed by atoms with E-state index in [-0.39, 0.29) is 17.5 Å². The van der Waals surface area contributed by atoms with Gasteiger partial charge < -0.3 is 10.1 Å². The summed E-state index contributed by atoms with van der Waals surface area (Å²) < 4.78 is 19.1. The van der Waals surface area contributed by atoms with Crippen molar-refractivity contribution >= 4 is 5.91 Å². The van der Waals surface area contributed by atoms with Crippen LogP contribution in [0.2, 0.25) is 0 Å². The minimum Gasteiger partial charge on any atom is -0.494 e. The number of carbonyl (C=O) groups excluding carboxylic acids is 1. The van der Waals surface area contributed by atoms with E-state index in [0.29, 0.717) is 24.4 Å². The lowest BCUT2D eigenvalue weighted by Crippen LogP contribution is -2.24. The second kappa shape index (κ2) is 6.70. The third-order valence-electron chi connectivity index (χ3n) is 3.78. The Balaban J connectivity index is 1.94. The topological polar surface area (TPSA) is 41.6 Å².